The van der Waals surface area contributed by atoms with Crippen LogP contribution >= 0.6 is 0 Å². The monoisotopic (exact) mass is 825 g/mol. The lowest BCUT2D eigenvalue weighted by Crippen LogP contribution is -2.11. The Morgan fingerprint density at radius 1 is 0.200 bits per heavy atom. The van der Waals surface area contributed by atoms with Gasteiger partial charge in [0.2, 0.25) is 0 Å². The lowest BCUT2D eigenvalue weighted by molar-refractivity contribution is 1.28. The number of hydrogen-bond donors (Lipinski definition) is 0. The molecule has 0 amide bonds. The van der Waals surface area contributed by atoms with Crippen molar-refractivity contribution in [3.05, 3.63) is 261 Å². The summed E-state index contributed by atoms with van der Waals surface area (Å²) in [7, 11) is 0. The van der Waals surface area contributed by atoms with E-state index < -0.39 is 0 Å². The summed E-state index contributed by atoms with van der Waals surface area (Å²) in [6, 6.07) is 95.2. The maximum atomic E-state index is 2.41. The molecular formula is C64H43N. The highest BCUT2D eigenvalue weighted by Crippen LogP contribution is 2.44. The number of fused-ring (bicyclic) bond motifs is 7. The van der Waals surface area contributed by atoms with Gasteiger partial charge in [0.1, 0.15) is 0 Å². The van der Waals surface area contributed by atoms with Crippen molar-refractivity contribution >= 4 is 60.2 Å². The molecule has 0 atom stereocenters. The van der Waals surface area contributed by atoms with Crippen LogP contribution in [-0.4, -0.2) is 0 Å². The van der Waals surface area contributed by atoms with Crippen molar-refractivity contribution < 1.29 is 0 Å². The summed E-state index contributed by atoms with van der Waals surface area (Å²) in [5.41, 5.74) is 15.2. The van der Waals surface area contributed by atoms with E-state index in [0.29, 0.717) is 0 Å². The summed E-state index contributed by atoms with van der Waals surface area (Å²) in [6.45, 7) is 0. The number of rotatable bonds is 8. The van der Waals surface area contributed by atoms with Crippen molar-refractivity contribution in [1.29, 1.82) is 0 Å². The molecule has 0 aliphatic carbocycles. The van der Waals surface area contributed by atoms with Crippen LogP contribution in [-0.2, 0) is 0 Å². The van der Waals surface area contributed by atoms with Crippen LogP contribution in [0.4, 0.5) is 17.1 Å². The Balaban J connectivity index is 0.959. The molecule has 0 unspecified atom stereocenters. The molecule has 0 aliphatic rings. The van der Waals surface area contributed by atoms with Gasteiger partial charge in [-0.2, -0.15) is 0 Å². The van der Waals surface area contributed by atoms with Gasteiger partial charge < -0.3 is 4.90 Å². The van der Waals surface area contributed by atoms with Gasteiger partial charge in [-0.05, 0) is 136 Å². The Labute approximate surface area is 379 Å². The Morgan fingerprint density at radius 2 is 0.585 bits per heavy atom. The summed E-state index contributed by atoms with van der Waals surface area (Å²) < 4.78 is 0. The molecule has 0 heterocycles. The molecule has 0 saturated heterocycles. The third-order valence-electron chi connectivity index (χ3n) is 13.1. The van der Waals surface area contributed by atoms with Gasteiger partial charge in [0.25, 0.3) is 0 Å². The predicted octanol–water partition coefficient (Wildman–Crippen LogP) is 18.1. The van der Waals surface area contributed by atoms with Crippen LogP contribution in [0.3, 0.4) is 0 Å². The zero-order chi connectivity index (χ0) is 43.1. The molecule has 0 radical (unpaired) electrons. The second-order valence-electron chi connectivity index (χ2n) is 16.8. The Hall–Kier alpha value is -8.52. The van der Waals surface area contributed by atoms with E-state index in [2.05, 4.69) is 266 Å². The fourth-order valence-electron chi connectivity index (χ4n) is 9.85. The Kier molecular flexibility index (Phi) is 9.58. The predicted molar refractivity (Wildman–Crippen MR) is 278 cm³/mol. The molecule has 65 heavy (non-hydrogen) atoms. The van der Waals surface area contributed by atoms with Crippen molar-refractivity contribution in [2.24, 2.45) is 0 Å². The first-order valence-corrected chi connectivity index (χ1v) is 22.4. The number of anilines is 3. The molecular weight excluding hydrogens is 783 g/mol. The summed E-state index contributed by atoms with van der Waals surface area (Å²) >= 11 is 0. The first kappa shape index (κ1) is 38.2. The van der Waals surface area contributed by atoms with Gasteiger partial charge in [-0.1, -0.05) is 218 Å². The van der Waals surface area contributed by atoms with Crippen LogP contribution < -0.4 is 4.90 Å². The van der Waals surface area contributed by atoms with E-state index in [1.54, 1.807) is 0 Å². The fourth-order valence-corrected chi connectivity index (χ4v) is 9.85. The standard InChI is InChI=1S/C64H43N/c1-2-14-44(15-3-1)45-28-30-46(31-29-45)47-32-37-53(38-33-47)65(64-27-11-10-21-57(64)52-19-12-18-51(42-52)56-26-13-17-49-16-4-5-20-55(49)56)54-39-34-48(35-40-54)50-36-41-62-60-24-7-6-22-58(60)59-23-8-9-25-61(59)63(62)43-50/h1-43H. The summed E-state index contributed by atoms with van der Waals surface area (Å²) in [5.74, 6) is 0. The quantitative estimate of drug-likeness (QED) is 0.138. The highest BCUT2D eigenvalue weighted by atomic mass is 15.1. The first-order valence-electron chi connectivity index (χ1n) is 22.4. The van der Waals surface area contributed by atoms with Gasteiger partial charge in [-0.15, -0.1) is 0 Å². The van der Waals surface area contributed by atoms with E-state index in [-0.39, 0.29) is 0 Å². The van der Waals surface area contributed by atoms with E-state index >= 15 is 0 Å². The van der Waals surface area contributed by atoms with Gasteiger partial charge >= 0.3 is 0 Å². The van der Waals surface area contributed by atoms with Gasteiger partial charge in [0.05, 0.1) is 5.69 Å². The minimum Gasteiger partial charge on any atom is -0.310 e. The van der Waals surface area contributed by atoms with Crippen molar-refractivity contribution in [1.82, 2.24) is 0 Å². The molecule has 0 N–H and O–H groups in total. The lowest BCUT2D eigenvalue weighted by Gasteiger charge is -2.28. The fraction of sp³-hybridized carbons (Fsp3) is 0. The van der Waals surface area contributed by atoms with Crippen molar-refractivity contribution in [2.75, 3.05) is 4.90 Å². The van der Waals surface area contributed by atoms with E-state index in [1.165, 1.54) is 93.2 Å². The average molecular weight is 826 g/mol. The summed E-state index contributed by atoms with van der Waals surface area (Å²) in [5, 5.41) is 10.2. The van der Waals surface area contributed by atoms with Crippen molar-refractivity contribution in [2.45, 2.75) is 0 Å². The summed E-state index contributed by atoms with van der Waals surface area (Å²) in [6.07, 6.45) is 0. The van der Waals surface area contributed by atoms with Crippen LogP contribution in [0.5, 0.6) is 0 Å². The molecule has 0 bridgehead atoms. The molecule has 12 aromatic carbocycles. The number of nitrogens with zero attached hydrogens (tertiary/aromatic N) is 1. The molecule has 0 fully saturated rings. The van der Waals surface area contributed by atoms with Crippen molar-refractivity contribution in [3.63, 3.8) is 0 Å². The van der Waals surface area contributed by atoms with Crippen LogP contribution in [0.1, 0.15) is 0 Å². The second kappa shape index (κ2) is 16.3. The van der Waals surface area contributed by atoms with E-state index in [4.69, 9.17) is 0 Å². The lowest BCUT2D eigenvalue weighted by atomic mass is 9.92. The smallest absolute Gasteiger partial charge is 0.0540 e. The zero-order valence-corrected chi connectivity index (χ0v) is 35.8. The molecule has 1 heteroatoms. The molecule has 0 aliphatic heterocycles. The number of benzene rings is 12. The van der Waals surface area contributed by atoms with Gasteiger partial charge in [-0.25, -0.2) is 0 Å². The van der Waals surface area contributed by atoms with E-state index in [0.717, 1.165) is 22.6 Å². The van der Waals surface area contributed by atoms with E-state index in [1.807, 2.05) is 0 Å². The normalized spacial score (nSPS) is 11.4. The van der Waals surface area contributed by atoms with Crippen molar-refractivity contribution in [3.8, 4) is 55.6 Å². The molecule has 0 saturated carbocycles. The first-order chi connectivity index (χ1) is 32.2. The maximum absolute atomic E-state index is 2.41. The van der Waals surface area contributed by atoms with E-state index in [9.17, 15) is 0 Å². The van der Waals surface area contributed by atoms with Crippen LogP contribution in [0, 0.1) is 0 Å². The summed E-state index contributed by atoms with van der Waals surface area (Å²) in [4.78, 5) is 2.41. The van der Waals surface area contributed by atoms with Crippen LogP contribution in [0.15, 0.2) is 261 Å². The topological polar surface area (TPSA) is 3.24 Å². The zero-order valence-electron chi connectivity index (χ0n) is 35.8. The molecule has 1 nitrogen and oxygen atoms in total. The molecule has 12 rings (SSSR count). The van der Waals surface area contributed by atoms with Gasteiger partial charge in [0.15, 0.2) is 0 Å². The molecule has 0 spiro atoms. The largest absolute Gasteiger partial charge is 0.310 e. The highest BCUT2D eigenvalue weighted by molar-refractivity contribution is 6.25. The maximum Gasteiger partial charge on any atom is 0.0540 e. The molecule has 0 aromatic heterocycles. The Bertz CT molecular complexity index is 3640. The highest BCUT2D eigenvalue weighted by Gasteiger charge is 2.19. The Morgan fingerprint density at radius 3 is 1.22 bits per heavy atom. The third-order valence-corrected chi connectivity index (χ3v) is 13.1. The number of para-hydroxylation sites is 1. The van der Waals surface area contributed by atoms with Gasteiger partial charge in [-0.3, -0.25) is 0 Å². The average Bonchev–Trinajstić information content (AvgIpc) is 3.39. The van der Waals surface area contributed by atoms with Crippen LogP contribution in [0.25, 0.3) is 98.7 Å². The minimum absolute atomic E-state index is 1.09. The molecule has 12 aromatic rings. The van der Waals surface area contributed by atoms with Gasteiger partial charge in [0, 0.05) is 16.9 Å². The minimum atomic E-state index is 1.09. The van der Waals surface area contributed by atoms with Crippen LogP contribution in [0.2, 0.25) is 0 Å². The second-order valence-corrected chi connectivity index (χ2v) is 16.8. The number of hydrogen-bond acceptors (Lipinski definition) is 1. The molecule has 304 valence electrons. The third kappa shape index (κ3) is 7.01. The SMILES string of the molecule is c1ccc(-c2ccc(-c3ccc(N(c4ccc(-c5ccc6c7ccccc7c7ccccc7c6c5)cc4)c4ccccc4-c4cccc(-c5cccc6ccccc56)c4)cc3)cc2)cc1.